The molecule has 102 valence electrons. The van der Waals surface area contributed by atoms with Gasteiger partial charge in [-0.3, -0.25) is 14.9 Å². The fraction of sp³-hybridized carbons (Fsp3) is 0.417. The van der Waals surface area contributed by atoms with E-state index in [4.69, 9.17) is 11.6 Å². The SMILES string of the molecule is O=C(O)C1(Cc2ccc(Cl)cc2[N+](=O)[O-])CCNC1. The highest BCUT2D eigenvalue weighted by Crippen LogP contribution is 2.34. The number of rotatable bonds is 4. The first-order valence-electron chi connectivity index (χ1n) is 5.81. The Bertz CT molecular complexity index is 526. The Hall–Kier alpha value is -1.66. The van der Waals surface area contributed by atoms with Crippen molar-refractivity contribution in [2.75, 3.05) is 13.1 Å². The Labute approximate surface area is 114 Å². The predicted octanol–water partition coefficient (Wildman–Crippen LogP) is 1.85. The van der Waals surface area contributed by atoms with Crippen LogP contribution in [0.4, 0.5) is 5.69 Å². The van der Waals surface area contributed by atoms with E-state index in [1.807, 2.05) is 0 Å². The van der Waals surface area contributed by atoms with Crippen LogP contribution in [0.15, 0.2) is 18.2 Å². The van der Waals surface area contributed by atoms with Gasteiger partial charge in [0, 0.05) is 23.2 Å². The van der Waals surface area contributed by atoms with Crippen molar-refractivity contribution in [1.29, 1.82) is 0 Å². The number of nitrogens with zero attached hydrogens (tertiary/aromatic N) is 1. The van der Waals surface area contributed by atoms with Crippen LogP contribution >= 0.6 is 11.6 Å². The molecule has 19 heavy (non-hydrogen) atoms. The Morgan fingerprint density at radius 2 is 2.32 bits per heavy atom. The van der Waals surface area contributed by atoms with Gasteiger partial charge in [-0.1, -0.05) is 17.7 Å². The Kier molecular flexibility index (Phi) is 3.73. The molecule has 0 aliphatic carbocycles. The standard InChI is InChI=1S/C12H13ClN2O4/c13-9-2-1-8(10(5-9)15(18)19)6-12(11(16)17)3-4-14-7-12/h1-2,5,14H,3-4,6-7H2,(H,16,17). The van der Waals surface area contributed by atoms with E-state index >= 15 is 0 Å². The minimum Gasteiger partial charge on any atom is -0.481 e. The van der Waals surface area contributed by atoms with Crippen LogP contribution in [0, 0.1) is 15.5 Å². The number of nitro groups is 1. The Morgan fingerprint density at radius 3 is 2.84 bits per heavy atom. The maximum atomic E-state index is 11.4. The average Bonchev–Trinajstić information content (AvgIpc) is 2.81. The average molecular weight is 285 g/mol. The zero-order valence-corrected chi connectivity index (χ0v) is 10.8. The minimum absolute atomic E-state index is 0.125. The van der Waals surface area contributed by atoms with E-state index in [1.165, 1.54) is 12.1 Å². The molecule has 0 spiro atoms. The monoisotopic (exact) mass is 284 g/mol. The number of aliphatic carboxylic acids is 1. The molecule has 0 amide bonds. The molecule has 0 bridgehead atoms. The normalized spacial score (nSPS) is 22.4. The zero-order chi connectivity index (χ0) is 14.0. The van der Waals surface area contributed by atoms with Gasteiger partial charge in [-0.2, -0.15) is 0 Å². The molecular weight excluding hydrogens is 272 g/mol. The molecular formula is C12H13ClN2O4. The van der Waals surface area contributed by atoms with Crippen LogP contribution in [-0.2, 0) is 11.2 Å². The fourth-order valence-corrected chi connectivity index (χ4v) is 2.54. The predicted molar refractivity (Wildman–Crippen MR) is 69.4 cm³/mol. The lowest BCUT2D eigenvalue weighted by Gasteiger charge is -2.22. The fourth-order valence-electron chi connectivity index (χ4n) is 2.37. The number of nitrogens with one attached hydrogen (secondary N) is 1. The lowest BCUT2D eigenvalue weighted by atomic mass is 9.80. The van der Waals surface area contributed by atoms with Crippen molar-refractivity contribution in [1.82, 2.24) is 5.32 Å². The molecule has 0 aromatic heterocycles. The molecule has 1 aliphatic heterocycles. The molecule has 1 saturated heterocycles. The summed E-state index contributed by atoms with van der Waals surface area (Å²) in [6.07, 6.45) is 0.588. The lowest BCUT2D eigenvalue weighted by Crippen LogP contribution is -2.35. The van der Waals surface area contributed by atoms with Crippen LogP contribution in [0.2, 0.25) is 5.02 Å². The second kappa shape index (κ2) is 5.14. The van der Waals surface area contributed by atoms with Crippen molar-refractivity contribution in [3.05, 3.63) is 38.9 Å². The summed E-state index contributed by atoms with van der Waals surface area (Å²) < 4.78 is 0. The van der Waals surface area contributed by atoms with Gasteiger partial charge in [0.15, 0.2) is 0 Å². The molecule has 1 aromatic carbocycles. The van der Waals surface area contributed by atoms with Crippen LogP contribution < -0.4 is 5.32 Å². The summed E-state index contributed by atoms with van der Waals surface area (Å²) in [5.74, 6) is -0.929. The van der Waals surface area contributed by atoms with Gasteiger partial charge < -0.3 is 10.4 Å². The molecule has 2 rings (SSSR count). The summed E-state index contributed by atoms with van der Waals surface area (Å²) >= 11 is 5.74. The van der Waals surface area contributed by atoms with E-state index < -0.39 is 16.3 Å². The molecule has 1 atom stereocenters. The van der Waals surface area contributed by atoms with Crippen molar-refractivity contribution in [3.8, 4) is 0 Å². The third-order valence-corrected chi connectivity index (χ3v) is 3.71. The third-order valence-electron chi connectivity index (χ3n) is 3.47. The highest BCUT2D eigenvalue weighted by molar-refractivity contribution is 6.30. The maximum Gasteiger partial charge on any atom is 0.311 e. The van der Waals surface area contributed by atoms with E-state index in [9.17, 15) is 20.0 Å². The summed E-state index contributed by atoms with van der Waals surface area (Å²) in [5, 5.41) is 23.6. The summed E-state index contributed by atoms with van der Waals surface area (Å²) in [5.41, 5.74) is -0.695. The molecule has 6 nitrogen and oxygen atoms in total. The van der Waals surface area contributed by atoms with E-state index in [1.54, 1.807) is 6.07 Å². The van der Waals surface area contributed by atoms with Crippen LogP contribution in [0.3, 0.4) is 0 Å². The number of nitro benzene ring substituents is 1. The number of carbonyl (C=O) groups is 1. The first kappa shape index (κ1) is 13.8. The van der Waals surface area contributed by atoms with Crippen molar-refractivity contribution in [2.24, 2.45) is 5.41 Å². The van der Waals surface area contributed by atoms with Gasteiger partial charge in [0.2, 0.25) is 0 Å². The Balaban J connectivity index is 2.37. The van der Waals surface area contributed by atoms with E-state index in [0.717, 1.165) is 0 Å². The maximum absolute atomic E-state index is 11.4. The Morgan fingerprint density at radius 1 is 1.58 bits per heavy atom. The van der Waals surface area contributed by atoms with Crippen molar-refractivity contribution in [2.45, 2.75) is 12.8 Å². The quantitative estimate of drug-likeness (QED) is 0.650. The number of hydrogen-bond acceptors (Lipinski definition) is 4. The van der Waals surface area contributed by atoms with Crippen LogP contribution in [0.25, 0.3) is 0 Å². The van der Waals surface area contributed by atoms with Gasteiger partial charge in [0.25, 0.3) is 5.69 Å². The van der Waals surface area contributed by atoms with Crippen LogP contribution in [0.1, 0.15) is 12.0 Å². The van der Waals surface area contributed by atoms with Gasteiger partial charge in [0.1, 0.15) is 0 Å². The van der Waals surface area contributed by atoms with Crippen LogP contribution in [-0.4, -0.2) is 29.1 Å². The largest absolute Gasteiger partial charge is 0.481 e. The molecule has 7 heteroatoms. The van der Waals surface area contributed by atoms with E-state index in [-0.39, 0.29) is 17.1 Å². The van der Waals surface area contributed by atoms with E-state index in [2.05, 4.69) is 5.32 Å². The topological polar surface area (TPSA) is 92.5 Å². The van der Waals surface area contributed by atoms with Gasteiger partial charge >= 0.3 is 5.97 Å². The molecule has 1 aromatic rings. The summed E-state index contributed by atoms with van der Waals surface area (Å²) in [4.78, 5) is 21.9. The highest BCUT2D eigenvalue weighted by Gasteiger charge is 2.42. The molecule has 0 radical (unpaired) electrons. The number of carboxylic acid groups (broad SMARTS) is 1. The third kappa shape index (κ3) is 2.69. The van der Waals surface area contributed by atoms with Gasteiger partial charge in [-0.05, 0) is 25.5 Å². The van der Waals surface area contributed by atoms with Gasteiger partial charge in [-0.25, -0.2) is 0 Å². The summed E-state index contributed by atoms with van der Waals surface area (Å²) in [6.45, 7) is 0.926. The number of halogens is 1. The first-order valence-corrected chi connectivity index (χ1v) is 6.19. The molecule has 1 fully saturated rings. The smallest absolute Gasteiger partial charge is 0.311 e. The van der Waals surface area contributed by atoms with Gasteiger partial charge in [-0.15, -0.1) is 0 Å². The summed E-state index contributed by atoms with van der Waals surface area (Å²) in [7, 11) is 0. The zero-order valence-electron chi connectivity index (χ0n) is 10.1. The van der Waals surface area contributed by atoms with E-state index in [0.29, 0.717) is 25.1 Å². The molecule has 0 saturated carbocycles. The minimum atomic E-state index is -0.974. The second-order valence-electron chi connectivity index (χ2n) is 4.72. The van der Waals surface area contributed by atoms with Crippen molar-refractivity contribution in [3.63, 3.8) is 0 Å². The molecule has 1 unspecified atom stereocenters. The molecule has 2 N–H and O–H groups in total. The molecule has 1 heterocycles. The summed E-state index contributed by atoms with van der Waals surface area (Å²) in [6, 6.07) is 4.33. The van der Waals surface area contributed by atoms with Gasteiger partial charge in [0.05, 0.1) is 10.3 Å². The number of hydrogen-bond donors (Lipinski definition) is 2. The van der Waals surface area contributed by atoms with Crippen LogP contribution in [0.5, 0.6) is 0 Å². The van der Waals surface area contributed by atoms with Crippen molar-refractivity contribution >= 4 is 23.3 Å². The second-order valence-corrected chi connectivity index (χ2v) is 5.16. The number of carboxylic acids is 1. The number of benzene rings is 1. The first-order chi connectivity index (χ1) is 8.94. The highest BCUT2D eigenvalue weighted by atomic mass is 35.5. The van der Waals surface area contributed by atoms with Crippen molar-refractivity contribution < 1.29 is 14.8 Å². The lowest BCUT2D eigenvalue weighted by molar-refractivity contribution is -0.385. The molecule has 1 aliphatic rings.